The average molecular weight is 320 g/mol. The van der Waals surface area contributed by atoms with E-state index < -0.39 is 6.10 Å². The fourth-order valence-corrected chi connectivity index (χ4v) is 3.85. The smallest absolute Gasteiger partial charge is 0.0949 e. The summed E-state index contributed by atoms with van der Waals surface area (Å²) in [6.07, 6.45) is -0.521. The zero-order chi connectivity index (χ0) is 15.9. The highest BCUT2D eigenvalue weighted by atomic mass is 32.2. The predicted molar refractivity (Wildman–Crippen MR) is 98.3 cm³/mol. The van der Waals surface area contributed by atoms with Crippen molar-refractivity contribution in [3.05, 3.63) is 108 Å². The maximum Gasteiger partial charge on any atom is 0.0949 e. The normalized spacial score (nSPS) is 13.4. The van der Waals surface area contributed by atoms with Gasteiger partial charge in [0.2, 0.25) is 0 Å². The van der Waals surface area contributed by atoms with Gasteiger partial charge < -0.3 is 5.11 Å². The van der Waals surface area contributed by atoms with Gasteiger partial charge in [-0.3, -0.25) is 0 Å². The van der Waals surface area contributed by atoms with Crippen LogP contribution in [0, 0.1) is 0 Å². The molecule has 0 bridgehead atoms. The highest BCUT2D eigenvalue weighted by molar-refractivity contribution is 7.98. The van der Waals surface area contributed by atoms with Gasteiger partial charge in [0.15, 0.2) is 0 Å². The molecule has 0 saturated heterocycles. The molecule has 3 rings (SSSR count). The Balaban J connectivity index is 1.82. The fourth-order valence-electron chi connectivity index (χ4n) is 2.60. The van der Waals surface area contributed by atoms with Gasteiger partial charge in [0.25, 0.3) is 0 Å². The topological polar surface area (TPSA) is 20.2 Å². The van der Waals surface area contributed by atoms with Gasteiger partial charge >= 0.3 is 0 Å². The molecule has 2 atom stereocenters. The van der Waals surface area contributed by atoms with Crippen LogP contribution in [-0.2, 0) is 5.75 Å². The molecule has 0 amide bonds. The number of hydrogen-bond acceptors (Lipinski definition) is 2. The molecule has 0 heterocycles. The van der Waals surface area contributed by atoms with Crippen molar-refractivity contribution in [2.45, 2.75) is 17.1 Å². The Morgan fingerprint density at radius 1 is 0.652 bits per heavy atom. The Labute approximate surface area is 142 Å². The Morgan fingerprint density at radius 2 is 1.13 bits per heavy atom. The van der Waals surface area contributed by atoms with E-state index in [1.807, 2.05) is 54.6 Å². The molecule has 0 aliphatic carbocycles. The molecule has 1 nitrogen and oxygen atoms in total. The second-order valence-corrected chi connectivity index (χ2v) is 6.61. The van der Waals surface area contributed by atoms with Gasteiger partial charge in [-0.25, -0.2) is 0 Å². The summed E-state index contributed by atoms with van der Waals surface area (Å²) in [6.45, 7) is 0. The fraction of sp³-hybridized carbons (Fsp3) is 0.143. The van der Waals surface area contributed by atoms with Gasteiger partial charge in [-0.05, 0) is 16.7 Å². The summed E-state index contributed by atoms with van der Waals surface area (Å²) in [6, 6.07) is 30.6. The van der Waals surface area contributed by atoms with Gasteiger partial charge in [0.1, 0.15) is 0 Å². The molecular weight excluding hydrogens is 300 g/mol. The van der Waals surface area contributed by atoms with Gasteiger partial charge in [0, 0.05) is 5.75 Å². The first-order valence-electron chi connectivity index (χ1n) is 7.78. The molecule has 0 fully saturated rings. The third kappa shape index (κ3) is 4.25. The lowest BCUT2D eigenvalue weighted by atomic mass is 10.0. The Morgan fingerprint density at radius 3 is 1.70 bits per heavy atom. The highest BCUT2D eigenvalue weighted by Gasteiger charge is 2.23. The molecule has 0 saturated carbocycles. The average Bonchev–Trinajstić information content (AvgIpc) is 2.64. The van der Waals surface area contributed by atoms with Crippen LogP contribution in [0.2, 0.25) is 0 Å². The van der Waals surface area contributed by atoms with Gasteiger partial charge in [0.05, 0.1) is 11.4 Å². The minimum atomic E-state index is -0.521. The summed E-state index contributed by atoms with van der Waals surface area (Å²) < 4.78 is 0. The third-order valence-corrected chi connectivity index (χ3v) is 5.22. The maximum atomic E-state index is 10.9. The first kappa shape index (κ1) is 15.9. The van der Waals surface area contributed by atoms with Crippen molar-refractivity contribution in [2.24, 2.45) is 0 Å². The van der Waals surface area contributed by atoms with E-state index in [4.69, 9.17) is 0 Å². The quantitative estimate of drug-likeness (QED) is 0.656. The van der Waals surface area contributed by atoms with Crippen LogP contribution in [0.3, 0.4) is 0 Å². The van der Waals surface area contributed by atoms with Crippen LogP contribution < -0.4 is 0 Å². The SMILES string of the molecule is O[C@H](c1ccccc1)[C@H](SCc1ccccc1)c1ccccc1. The molecule has 1 N–H and O–H groups in total. The van der Waals surface area contributed by atoms with Crippen LogP contribution in [0.4, 0.5) is 0 Å². The molecule has 0 radical (unpaired) electrons. The molecule has 23 heavy (non-hydrogen) atoms. The van der Waals surface area contributed by atoms with Crippen LogP contribution in [0.15, 0.2) is 91.0 Å². The maximum absolute atomic E-state index is 10.9. The molecular formula is C21H20OS. The number of hydrogen-bond donors (Lipinski definition) is 1. The van der Waals surface area contributed by atoms with Gasteiger partial charge in [-0.1, -0.05) is 91.0 Å². The van der Waals surface area contributed by atoms with Gasteiger partial charge in [-0.2, -0.15) is 0 Å². The predicted octanol–water partition coefficient (Wildman–Crippen LogP) is 5.39. The number of benzene rings is 3. The third-order valence-electron chi connectivity index (χ3n) is 3.83. The molecule has 2 heteroatoms. The molecule has 0 spiro atoms. The molecule has 0 aromatic heterocycles. The standard InChI is InChI=1S/C21H20OS/c22-20(18-12-6-2-7-13-18)21(19-14-8-3-9-15-19)23-16-17-10-4-1-5-11-17/h1-15,20-22H,16H2/t20-,21-/m1/s1. The Bertz CT molecular complexity index is 698. The van der Waals surface area contributed by atoms with E-state index in [9.17, 15) is 5.11 Å². The van der Waals surface area contributed by atoms with Crippen LogP contribution in [0.25, 0.3) is 0 Å². The van der Waals surface area contributed by atoms with E-state index in [1.54, 1.807) is 11.8 Å². The van der Waals surface area contributed by atoms with Crippen LogP contribution in [0.5, 0.6) is 0 Å². The lowest BCUT2D eigenvalue weighted by Crippen LogP contribution is -2.08. The summed E-state index contributed by atoms with van der Waals surface area (Å²) in [5.41, 5.74) is 3.39. The van der Waals surface area contributed by atoms with Crippen LogP contribution in [0.1, 0.15) is 28.0 Å². The summed E-state index contributed by atoms with van der Waals surface area (Å²) >= 11 is 1.78. The van der Waals surface area contributed by atoms with E-state index >= 15 is 0 Å². The van der Waals surface area contributed by atoms with Gasteiger partial charge in [-0.15, -0.1) is 11.8 Å². The Hall–Kier alpha value is -2.03. The summed E-state index contributed by atoms with van der Waals surface area (Å²) in [5, 5.41) is 10.9. The van der Waals surface area contributed by atoms with Crippen molar-refractivity contribution in [1.82, 2.24) is 0 Å². The van der Waals surface area contributed by atoms with E-state index in [-0.39, 0.29) is 5.25 Å². The van der Waals surface area contributed by atoms with Crippen molar-refractivity contribution in [1.29, 1.82) is 0 Å². The zero-order valence-corrected chi connectivity index (χ0v) is 13.7. The first-order chi connectivity index (χ1) is 11.3. The molecule has 3 aromatic carbocycles. The molecule has 0 unspecified atom stereocenters. The summed E-state index contributed by atoms with van der Waals surface area (Å²) in [5.74, 6) is 0.879. The van der Waals surface area contributed by atoms with E-state index in [0.29, 0.717) is 0 Å². The van der Waals surface area contributed by atoms with Crippen LogP contribution in [-0.4, -0.2) is 5.11 Å². The van der Waals surface area contributed by atoms with Crippen molar-refractivity contribution < 1.29 is 5.11 Å². The number of aliphatic hydroxyl groups is 1. The summed E-state index contributed by atoms with van der Waals surface area (Å²) in [4.78, 5) is 0. The van der Waals surface area contributed by atoms with E-state index in [2.05, 4.69) is 36.4 Å². The molecule has 3 aromatic rings. The Kier molecular flexibility index (Phi) is 5.51. The lowest BCUT2D eigenvalue weighted by Gasteiger charge is -2.23. The molecule has 0 aliphatic rings. The zero-order valence-electron chi connectivity index (χ0n) is 12.9. The minimum absolute atomic E-state index is 0.0128. The molecule has 116 valence electrons. The molecule has 0 aliphatic heterocycles. The van der Waals surface area contributed by atoms with Crippen molar-refractivity contribution in [3.8, 4) is 0 Å². The lowest BCUT2D eigenvalue weighted by molar-refractivity contribution is 0.175. The van der Waals surface area contributed by atoms with Crippen LogP contribution >= 0.6 is 11.8 Å². The largest absolute Gasteiger partial charge is 0.387 e. The minimum Gasteiger partial charge on any atom is -0.387 e. The second-order valence-electron chi connectivity index (χ2n) is 5.48. The van der Waals surface area contributed by atoms with Crippen molar-refractivity contribution in [3.63, 3.8) is 0 Å². The van der Waals surface area contributed by atoms with Crippen molar-refractivity contribution >= 4 is 11.8 Å². The number of aliphatic hydroxyl groups excluding tert-OH is 1. The van der Waals surface area contributed by atoms with E-state index in [1.165, 1.54) is 5.56 Å². The number of rotatable bonds is 6. The van der Waals surface area contributed by atoms with Crippen molar-refractivity contribution in [2.75, 3.05) is 0 Å². The first-order valence-corrected chi connectivity index (χ1v) is 8.83. The monoisotopic (exact) mass is 320 g/mol. The second kappa shape index (κ2) is 8.00. The van der Waals surface area contributed by atoms with E-state index in [0.717, 1.165) is 16.9 Å². The number of thioether (sulfide) groups is 1. The highest BCUT2D eigenvalue weighted by Crippen LogP contribution is 2.41. The summed E-state index contributed by atoms with van der Waals surface area (Å²) in [7, 11) is 0.